The van der Waals surface area contributed by atoms with Gasteiger partial charge in [-0.2, -0.15) is 0 Å². The molecule has 0 atom stereocenters. The largest absolute Gasteiger partial charge is 0.381 e. The van der Waals surface area contributed by atoms with E-state index in [1.165, 1.54) is 18.2 Å². The number of nitrogens with one attached hydrogen (secondary N) is 1. The van der Waals surface area contributed by atoms with Crippen LogP contribution in [0.2, 0.25) is 5.02 Å². The van der Waals surface area contributed by atoms with Crippen molar-refractivity contribution in [3.05, 3.63) is 62.8 Å². The molecular formula is C13H8BrClF3N. The van der Waals surface area contributed by atoms with E-state index in [-0.39, 0.29) is 21.6 Å². The second-order valence-corrected chi connectivity index (χ2v) is 5.12. The van der Waals surface area contributed by atoms with Gasteiger partial charge in [-0.3, -0.25) is 0 Å². The molecule has 2 aromatic carbocycles. The zero-order valence-corrected chi connectivity index (χ0v) is 11.8. The molecule has 0 saturated carbocycles. The van der Waals surface area contributed by atoms with E-state index in [0.717, 1.165) is 12.1 Å². The first-order valence-electron chi connectivity index (χ1n) is 5.29. The molecular weight excluding hydrogens is 343 g/mol. The molecule has 1 nitrogen and oxygen atoms in total. The molecule has 0 amide bonds. The highest BCUT2D eigenvalue weighted by molar-refractivity contribution is 9.10. The van der Waals surface area contributed by atoms with Crippen molar-refractivity contribution < 1.29 is 13.2 Å². The minimum Gasteiger partial charge on any atom is -0.381 e. The third-order valence-corrected chi connectivity index (χ3v) is 3.30. The molecule has 1 N–H and O–H groups in total. The smallest absolute Gasteiger partial charge is 0.145 e. The lowest BCUT2D eigenvalue weighted by Crippen LogP contribution is -2.05. The van der Waals surface area contributed by atoms with E-state index in [1.807, 2.05) is 0 Å². The molecule has 0 aliphatic heterocycles. The summed E-state index contributed by atoms with van der Waals surface area (Å²) in [5.41, 5.74) is 0.221. The van der Waals surface area contributed by atoms with Crippen molar-refractivity contribution in [3.63, 3.8) is 0 Å². The van der Waals surface area contributed by atoms with Gasteiger partial charge in [0, 0.05) is 22.8 Å². The molecule has 2 aromatic rings. The fraction of sp³-hybridized carbons (Fsp3) is 0.0769. The van der Waals surface area contributed by atoms with Crippen LogP contribution in [0.5, 0.6) is 0 Å². The van der Waals surface area contributed by atoms with E-state index < -0.39 is 17.5 Å². The van der Waals surface area contributed by atoms with E-state index in [0.29, 0.717) is 5.69 Å². The third-order valence-electron chi connectivity index (χ3n) is 2.47. The van der Waals surface area contributed by atoms with Gasteiger partial charge in [-0.25, -0.2) is 13.2 Å². The maximum Gasteiger partial charge on any atom is 0.145 e. The number of hydrogen-bond donors (Lipinski definition) is 1. The van der Waals surface area contributed by atoms with Crippen molar-refractivity contribution in [2.45, 2.75) is 6.54 Å². The summed E-state index contributed by atoms with van der Waals surface area (Å²) in [6, 6.07) is 6.25. The molecule has 6 heteroatoms. The highest BCUT2D eigenvalue weighted by Gasteiger charge is 2.12. The third kappa shape index (κ3) is 3.42. The average Bonchev–Trinajstić information content (AvgIpc) is 2.33. The molecule has 0 aliphatic carbocycles. The van der Waals surface area contributed by atoms with E-state index in [1.54, 1.807) is 0 Å². The molecule has 0 radical (unpaired) electrons. The van der Waals surface area contributed by atoms with Gasteiger partial charge >= 0.3 is 0 Å². The van der Waals surface area contributed by atoms with Crippen molar-refractivity contribution >= 4 is 33.2 Å². The van der Waals surface area contributed by atoms with Gasteiger partial charge in [0.15, 0.2) is 0 Å². The maximum atomic E-state index is 13.7. The maximum absolute atomic E-state index is 13.7. The molecule has 0 aromatic heterocycles. The van der Waals surface area contributed by atoms with Crippen LogP contribution in [0, 0.1) is 17.5 Å². The van der Waals surface area contributed by atoms with Gasteiger partial charge in [0.2, 0.25) is 0 Å². The van der Waals surface area contributed by atoms with Crippen molar-refractivity contribution in [3.8, 4) is 0 Å². The Hall–Kier alpha value is -1.20. The molecule has 0 heterocycles. The number of hydrogen-bond acceptors (Lipinski definition) is 1. The summed E-state index contributed by atoms with van der Waals surface area (Å²) in [6.45, 7) is -0.114. The fourth-order valence-corrected chi connectivity index (χ4v) is 2.17. The quantitative estimate of drug-likeness (QED) is 0.757. The second kappa shape index (κ2) is 5.84. The van der Waals surface area contributed by atoms with Crippen LogP contribution in [0.4, 0.5) is 18.9 Å². The number of rotatable bonds is 3. The van der Waals surface area contributed by atoms with Crippen LogP contribution in [0.15, 0.2) is 34.8 Å². The Morgan fingerprint density at radius 2 is 1.84 bits per heavy atom. The first kappa shape index (κ1) is 14.2. The Labute approximate surface area is 121 Å². The van der Waals surface area contributed by atoms with Crippen LogP contribution in [0.3, 0.4) is 0 Å². The monoisotopic (exact) mass is 349 g/mol. The molecule has 19 heavy (non-hydrogen) atoms. The zero-order chi connectivity index (χ0) is 14.0. The highest BCUT2D eigenvalue weighted by atomic mass is 79.9. The van der Waals surface area contributed by atoms with E-state index in [2.05, 4.69) is 21.2 Å². The minimum atomic E-state index is -0.685. The Kier molecular flexibility index (Phi) is 4.37. The van der Waals surface area contributed by atoms with E-state index in [4.69, 9.17) is 11.6 Å². The Bertz CT molecular complexity index is 599. The van der Waals surface area contributed by atoms with Gasteiger partial charge in [-0.15, -0.1) is 0 Å². The van der Waals surface area contributed by atoms with Gasteiger partial charge in [0.1, 0.15) is 17.5 Å². The van der Waals surface area contributed by atoms with Crippen molar-refractivity contribution in [1.82, 2.24) is 0 Å². The summed E-state index contributed by atoms with van der Waals surface area (Å²) in [6.07, 6.45) is 0. The lowest BCUT2D eigenvalue weighted by molar-refractivity contribution is 0.555. The number of anilines is 1. The number of benzene rings is 2. The van der Waals surface area contributed by atoms with Crippen LogP contribution >= 0.6 is 27.5 Å². The van der Waals surface area contributed by atoms with Crippen LogP contribution in [0.25, 0.3) is 0 Å². The van der Waals surface area contributed by atoms with Gasteiger partial charge in [0.05, 0.1) is 4.47 Å². The van der Waals surface area contributed by atoms with Gasteiger partial charge in [-0.1, -0.05) is 11.6 Å². The Morgan fingerprint density at radius 3 is 2.53 bits per heavy atom. The zero-order valence-electron chi connectivity index (χ0n) is 9.48. The summed E-state index contributed by atoms with van der Waals surface area (Å²) in [7, 11) is 0. The molecule has 2 rings (SSSR count). The molecule has 100 valence electrons. The Morgan fingerprint density at radius 1 is 1.11 bits per heavy atom. The van der Waals surface area contributed by atoms with Crippen LogP contribution in [-0.4, -0.2) is 0 Å². The Balaban J connectivity index is 2.21. The summed E-state index contributed by atoms with van der Waals surface area (Å²) < 4.78 is 40.5. The van der Waals surface area contributed by atoms with Crippen LogP contribution < -0.4 is 5.32 Å². The standard InChI is InChI=1S/C13H8BrClF3N/c14-11-1-2-12(17)10(13(11)18)6-19-9-4-7(15)3-8(16)5-9/h1-5,19H,6H2. The van der Waals surface area contributed by atoms with Crippen molar-refractivity contribution in [2.24, 2.45) is 0 Å². The molecule has 0 aliphatic rings. The molecule has 0 saturated heterocycles. The van der Waals surface area contributed by atoms with Crippen LogP contribution in [0.1, 0.15) is 5.56 Å². The first-order valence-corrected chi connectivity index (χ1v) is 6.47. The van der Waals surface area contributed by atoms with Gasteiger partial charge in [0.25, 0.3) is 0 Å². The summed E-state index contributed by atoms with van der Waals surface area (Å²) in [5, 5.41) is 2.93. The lowest BCUT2D eigenvalue weighted by Gasteiger charge is -2.10. The predicted molar refractivity (Wildman–Crippen MR) is 72.8 cm³/mol. The molecule has 0 fully saturated rings. The van der Waals surface area contributed by atoms with Gasteiger partial charge in [-0.05, 0) is 46.3 Å². The normalized spacial score (nSPS) is 10.6. The second-order valence-electron chi connectivity index (χ2n) is 3.83. The molecule has 0 bridgehead atoms. The number of halogens is 5. The lowest BCUT2D eigenvalue weighted by atomic mass is 10.2. The predicted octanol–water partition coefficient (Wildman–Crippen LogP) is 5.13. The van der Waals surface area contributed by atoms with E-state index in [9.17, 15) is 13.2 Å². The minimum absolute atomic E-state index is 0.114. The summed E-state index contributed by atoms with van der Waals surface area (Å²) in [5.74, 6) is -1.88. The highest BCUT2D eigenvalue weighted by Crippen LogP contribution is 2.23. The first-order chi connectivity index (χ1) is 8.97. The summed E-state index contributed by atoms with van der Waals surface area (Å²) in [4.78, 5) is 0. The SMILES string of the molecule is Fc1cc(Cl)cc(NCc2c(F)ccc(Br)c2F)c1. The van der Waals surface area contributed by atoms with Gasteiger partial charge < -0.3 is 5.32 Å². The van der Waals surface area contributed by atoms with Crippen molar-refractivity contribution in [2.75, 3.05) is 5.32 Å². The average molecular weight is 351 g/mol. The molecule has 0 unspecified atom stereocenters. The topological polar surface area (TPSA) is 12.0 Å². The summed E-state index contributed by atoms with van der Waals surface area (Å²) >= 11 is 8.66. The molecule has 0 spiro atoms. The fourth-order valence-electron chi connectivity index (χ4n) is 1.58. The van der Waals surface area contributed by atoms with Crippen LogP contribution in [-0.2, 0) is 6.54 Å². The van der Waals surface area contributed by atoms with Crippen molar-refractivity contribution in [1.29, 1.82) is 0 Å². The van der Waals surface area contributed by atoms with E-state index >= 15 is 0 Å².